The Morgan fingerprint density at radius 2 is 1.76 bits per heavy atom. The van der Waals surface area contributed by atoms with Crippen LogP contribution in [-0.4, -0.2) is 63.1 Å². The lowest BCUT2D eigenvalue weighted by Gasteiger charge is -2.39. The molecule has 1 fully saturated rings. The van der Waals surface area contributed by atoms with Gasteiger partial charge in [-0.2, -0.15) is 13.2 Å². The minimum Gasteiger partial charge on any atom is -0.376 e. The fourth-order valence-corrected chi connectivity index (χ4v) is 3.86. The fraction of sp³-hybridized carbons (Fsp3) is 0.529. The molecule has 0 unspecified atom stereocenters. The van der Waals surface area contributed by atoms with E-state index in [2.05, 4.69) is 5.32 Å². The number of hydrogen-bond acceptors (Lipinski definition) is 5. The molecule has 1 aromatic rings. The summed E-state index contributed by atoms with van der Waals surface area (Å²) in [5, 5.41) is 4.31. The first-order chi connectivity index (χ1) is 13.4. The van der Waals surface area contributed by atoms with Gasteiger partial charge in [0.1, 0.15) is 0 Å². The summed E-state index contributed by atoms with van der Waals surface area (Å²) in [6, 6.07) is 4.32. The number of carbonyl (C=O) groups excluding carboxylic acids is 2. The summed E-state index contributed by atoms with van der Waals surface area (Å²) in [6.45, 7) is 0.287. The van der Waals surface area contributed by atoms with E-state index in [0.717, 1.165) is 18.4 Å². The molecule has 0 aromatic heterocycles. The topological polar surface area (TPSA) is 105 Å². The molecule has 1 saturated heterocycles. The van der Waals surface area contributed by atoms with Crippen LogP contribution in [0.15, 0.2) is 24.3 Å². The third-order valence-electron chi connectivity index (χ3n) is 4.79. The number of para-hydroxylation sites is 1. The molecule has 0 aliphatic carbocycles. The first kappa shape index (κ1) is 23.1. The maximum absolute atomic E-state index is 13.0. The standard InChI is InChI=1S/C17H22F3N3O5S/c1-28-16(7-9-23(10-8-16)29(2,26)27)11-21-14(24)15(25)22-13-6-4-3-5-12(13)17(18,19)20/h3-6H,7-11H2,1-2H3,(H,21,24)(H,22,25). The zero-order valence-electron chi connectivity index (χ0n) is 15.9. The van der Waals surface area contributed by atoms with E-state index in [9.17, 15) is 31.2 Å². The number of amides is 2. The zero-order chi connectivity index (χ0) is 21.9. The Morgan fingerprint density at radius 3 is 2.28 bits per heavy atom. The van der Waals surface area contributed by atoms with Gasteiger partial charge in [-0.1, -0.05) is 12.1 Å². The highest BCUT2D eigenvalue weighted by molar-refractivity contribution is 7.88. The van der Waals surface area contributed by atoms with Gasteiger partial charge in [0.05, 0.1) is 23.1 Å². The van der Waals surface area contributed by atoms with Crippen molar-refractivity contribution in [3.63, 3.8) is 0 Å². The number of halogens is 3. The van der Waals surface area contributed by atoms with Crippen LogP contribution >= 0.6 is 0 Å². The van der Waals surface area contributed by atoms with Crippen molar-refractivity contribution in [3.8, 4) is 0 Å². The SMILES string of the molecule is COC1(CNC(=O)C(=O)Nc2ccccc2C(F)(F)F)CCN(S(C)(=O)=O)CC1. The molecule has 2 N–H and O–H groups in total. The molecule has 0 spiro atoms. The van der Waals surface area contributed by atoms with Gasteiger partial charge in [-0.05, 0) is 25.0 Å². The molecule has 1 heterocycles. The third kappa shape index (κ3) is 5.90. The van der Waals surface area contributed by atoms with Crippen LogP contribution in [0.5, 0.6) is 0 Å². The number of rotatable bonds is 5. The van der Waals surface area contributed by atoms with Gasteiger partial charge in [0.25, 0.3) is 0 Å². The van der Waals surface area contributed by atoms with Crippen LogP contribution in [0, 0.1) is 0 Å². The number of nitrogens with one attached hydrogen (secondary N) is 2. The number of piperidine rings is 1. The van der Waals surface area contributed by atoms with Crippen LogP contribution < -0.4 is 10.6 Å². The lowest BCUT2D eigenvalue weighted by molar-refractivity contribution is -0.138. The van der Waals surface area contributed by atoms with Crippen molar-refractivity contribution < 1.29 is 35.9 Å². The van der Waals surface area contributed by atoms with Gasteiger partial charge in [0.15, 0.2) is 0 Å². The van der Waals surface area contributed by atoms with Gasteiger partial charge in [0, 0.05) is 26.7 Å². The molecule has 2 amide bonds. The van der Waals surface area contributed by atoms with Crippen molar-refractivity contribution in [2.45, 2.75) is 24.6 Å². The van der Waals surface area contributed by atoms with E-state index in [1.165, 1.54) is 23.5 Å². The van der Waals surface area contributed by atoms with Crippen molar-refractivity contribution in [1.29, 1.82) is 0 Å². The zero-order valence-corrected chi connectivity index (χ0v) is 16.7. The second kappa shape index (κ2) is 8.67. The lowest BCUT2D eigenvalue weighted by atomic mass is 9.92. The summed E-state index contributed by atoms with van der Waals surface area (Å²) in [5.41, 5.74) is -2.47. The van der Waals surface area contributed by atoms with Crippen LogP contribution in [-0.2, 0) is 30.5 Å². The predicted octanol–water partition coefficient (Wildman–Crippen LogP) is 1.20. The van der Waals surface area contributed by atoms with E-state index in [4.69, 9.17) is 4.74 Å². The molecule has 2 rings (SSSR count). The molecule has 162 valence electrons. The quantitative estimate of drug-likeness (QED) is 0.674. The minimum atomic E-state index is -4.69. The first-order valence-electron chi connectivity index (χ1n) is 8.64. The molecule has 1 aromatic carbocycles. The smallest absolute Gasteiger partial charge is 0.376 e. The van der Waals surface area contributed by atoms with Crippen LogP contribution in [0.1, 0.15) is 18.4 Å². The predicted molar refractivity (Wildman–Crippen MR) is 98.5 cm³/mol. The van der Waals surface area contributed by atoms with E-state index in [0.29, 0.717) is 0 Å². The highest BCUT2D eigenvalue weighted by Gasteiger charge is 2.38. The number of alkyl halides is 3. The maximum atomic E-state index is 13.0. The van der Waals surface area contributed by atoms with Crippen molar-refractivity contribution >= 4 is 27.5 Å². The molecule has 0 atom stereocenters. The first-order valence-corrected chi connectivity index (χ1v) is 10.5. The van der Waals surface area contributed by atoms with Gasteiger partial charge in [-0.3, -0.25) is 9.59 Å². The number of anilines is 1. The molecule has 0 saturated carbocycles. The van der Waals surface area contributed by atoms with E-state index >= 15 is 0 Å². The molecular weight excluding hydrogens is 415 g/mol. The number of methoxy groups -OCH3 is 1. The Kier molecular flexibility index (Phi) is 6.91. The summed E-state index contributed by atoms with van der Waals surface area (Å²) in [6.07, 6.45) is -3.02. The summed E-state index contributed by atoms with van der Waals surface area (Å²) >= 11 is 0. The van der Waals surface area contributed by atoms with Crippen LogP contribution in [0.2, 0.25) is 0 Å². The molecule has 1 aliphatic rings. The number of carbonyl (C=O) groups is 2. The van der Waals surface area contributed by atoms with Crippen molar-refractivity contribution in [3.05, 3.63) is 29.8 Å². The molecule has 1 aliphatic heterocycles. The van der Waals surface area contributed by atoms with Crippen molar-refractivity contribution in [2.24, 2.45) is 0 Å². The summed E-state index contributed by atoms with van der Waals surface area (Å²) in [5.74, 6) is -2.37. The minimum absolute atomic E-state index is 0.0890. The second-order valence-corrected chi connectivity index (χ2v) is 8.71. The molecule has 12 heteroatoms. The number of hydrogen-bond donors (Lipinski definition) is 2. The summed E-state index contributed by atoms with van der Waals surface area (Å²) in [4.78, 5) is 24.1. The van der Waals surface area contributed by atoms with E-state index in [1.54, 1.807) is 0 Å². The Morgan fingerprint density at radius 1 is 1.17 bits per heavy atom. The third-order valence-corrected chi connectivity index (χ3v) is 6.10. The number of benzene rings is 1. The fourth-order valence-electron chi connectivity index (χ4n) is 3.02. The molecule has 29 heavy (non-hydrogen) atoms. The Balaban J connectivity index is 1.98. The molecular formula is C17H22F3N3O5S. The Bertz CT molecular complexity index is 865. The van der Waals surface area contributed by atoms with Gasteiger partial charge in [-0.15, -0.1) is 0 Å². The van der Waals surface area contributed by atoms with Gasteiger partial charge >= 0.3 is 18.0 Å². The van der Waals surface area contributed by atoms with Crippen molar-refractivity contribution in [1.82, 2.24) is 9.62 Å². The van der Waals surface area contributed by atoms with E-state index in [1.807, 2.05) is 5.32 Å². The van der Waals surface area contributed by atoms with Gasteiger partial charge in [-0.25, -0.2) is 12.7 Å². The molecule has 8 nitrogen and oxygen atoms in total. The molecule has 0 bridgehead atoms. The average Bonchev–Trinajstić information content (AvgIpc) is 2.65. The van der Waals surface area contributed by atoms with Crippen LogP contribution in [0.3, 0.4) is 0 Å². The highest BCUT2D eigenvalue weighted by atomic mass is 32.2. The van der Waals surface area contributed by atoms with Gasteiger partial charge < -0.3 is 15.4 Å². The maximum Gasteiger partial charge on any atom is 0.418 e. The van der Waals surface area contributed by atoms with Crippen LogP contribution in [0.4, 0.5) is 18.9 Å². The molecule has 0 radical (unpaired) electrons. The van der Waals surface area contributed by atoms with E-state index < -0.39 is 44.9 Å². The average molecular weight is 437 g/mol. The second-order valence-electron chi connectivity index (χ2n) is 6.73. The van der Waals surface area contributed by atoms with Crippen molar-refractivity contribution in [2.75, 3.05) is 38.3 Å². The number of sulfonamides is 1. The van der Waals surface area contributed by atoms with E-state index in [-0.39, 0.29) is 32.5 Å². The Hall–Kier alpha value is -2.18. The van der Waals surface area contributed by atoms with Crippen LogP contribution in [0.25, 0.3) is 0 Å². The lowest BCUT2D eigenvalue weighted by Crippen LogP contribution is -2.54. The normalized spacial score (nSPS) is 17.6. The highest BCUT2D eigenvalue weighted by Crippen LogP contribution is 2.34. The summed E-state index contributed by atoms with van der Waals surface area (Å²) in [7, 11) is -1.94. The van der Waals surface area contributed by atoms with Gasteiger partial charge in [0.2, 0.25) is 10.0 Å². The summed E-state index contributed by atoms with van der Waals surface area (Å²) < 4.78 is 68.9. The number of nitrogens with zero attached hydrogens (tertiary/aromatic N) is 1. The monoisotopic (exact) mass is 437 g/mol. The largest absolute Gasteiger partial charge is 0.418 e. The Labute approximate surface area is 166 Å². The number of ether oxygens (including phenoxy) is 1.